The minimum atomic E-state index is -5.74. The Morgan fingerprint density at radius 1 is 0.622 bits per heavy atom. The maximum atomic E-state index is 12.1. The van der Waals surface area contributed by atoms with E-state index in [0.717, 1.165) is 19.3 Å². The van der Waals surface area contributed by atoms with Crippen molar-refractivity contribution in [2.24, 2.45) is 11.5 Å². The van der Waals surface area contributed by atoms with Gasteiger partial charge in [-0.25, -0.2) is 57.3 Å². The Hall–Kier alpha value is -6.69. The lowest BCUT2D eigenvalue weighted by Crippen LogP contribution is -2.26. The predicted octanol–water partition coefficient (Wildman–Crippen LogP) is 4.33. The second kappa shape index (κ2) is 33.7. The molecule has 43 nitrogen and oxygen atoms in total. The first-order valence-electron chi connectivity index (χ1n) is 28.4. The monoisotopic (exact) mass is 1500 g/mol. The quantitative estimate of drug-likeness (QED) is 0.00946. The number of nitro groups is 2. The molecule has 12 atom stereocenters. The number of unbranched alkanes of at least 4 members (excludes halogenated alkanes) is 2. The van der Waals surface area contributed by atoms with Crippen molar-refractivity contribution in [2.75, 3.05) is 36.9 Å². The van der Waals surface area contributed by atoms with Crippen LogP contribution in [0.5, 0.6) is 0 Å². The van der Waals surface area contributed by atoms with Crippen LogP contribution in [-0.4, -0.2) is 155 Å². The number of hydrogen-bond acceptors (Lipinski definition) is 31. The van der Waals surface area contributed by atoms with Gasteiger partial charge < -0.3 is 80.9 Å². The number of benzene rings is 2. The molecule has 98 heavy (non-hydrogen) atoms. The highest BCUT2D eigenvalue weighted by molar-refractivity contribution is 7.67. The standard InChI is InChI=1S/C28H38N7O15P3.C21H26N7O14P3/c1-18(21-11-10-19(13-22(21)35(38)39)7-4-5-9-20(36)8-3-2-6-12-29)33-27-26-28(31-16-30-27)34(17-32-26)25-14-23(37)24(48-25)15-47-52(43,44)50-53(45,46)49-51(40,41)42;1-12(14-5-4-13(3-2-6-22)7-15(14)28(30)31)26-20-19-21(24-10-23-20)27(11-25-19)18-8-16(29)17(40-18)9-39-44(35,36)42-45(37,38)41-43(32,33)34/h10-11,13,16-18,23-25,37H,2-3,5-6,8-9,12,14-15,29H2,1H3,(H,43,44)(H,45,46)(H,30,31,33)(H2,40,41,42);4-5,7,10-12,16-18,29H,6,8-9,22H2,1H3,(H,35,36)(H,37,38)(H,23,24,26)(H2,32,33,34)/t18-,23?,24+,25+;12-,16?,17+,18+/m00/s1. The molecule has 16 N–H and O–H groups in total. The normalized spacial score (nSPS) is 21.0. The molecule has 2 fully saturated rings. The minimum Gasteiger partial charge on any atom is -0.390 e. The number of anilines is 2. The van der Waals surface area contributed by atoms with Crippen molar-refractivity contribution in [1.82, 2.24) is 39.0 Å². The van der Waals surface area contributed by atoms with Gasteiger partial charge >= 0.3 is 46.9 Å². The molecule has 534 valence electrons. The lowest BCUT2D eigenvalue weighted by molar-refractivity contribution is -0.385. The fourth-order valence-corrected chi connectivity index (χ4v) is 15.6. The molecule has 4 aromatic heterocycles. The van der Waals surface area contributed by atoms with Crippen LogP contribution in [-0.2, 0) is 67.9 Å². The number of carbonyl (C=O) groups excluding carboxylic acids is 1. The molecule has 0 saturated carbocycles. The van der Waals surface area contributed by atoms with E-state index < -0.39 is 119 Å². The summed E-state index contributed by atoms with van der Waals surface area (Å²) in [4.78, 5) is 133. The third kappa shape index (κ3) is 22.9. The van der Waals surface area contributed by atoms with E-state index in [-0.39, 0.29) is 70.5 Å². The molecular formula is C49H64N14O29P6. The summed E-state index contributed by atoms with van der Waals surface area (Å²) in [6.07, 6.45) is 1.40. The third-order valence-electron chi connectivity index (χ3n) is 13.7. The summed E-state index contributed by atoms with van der Waals surface area (Å²) in [7, 11) is -33.5. The van der Waals surface area contributed by atoms with E-state index in [1.54, 1.807) is 38.1 Å². The van der Waals surface area contributed by atoms with Gasteiger partial charge in [-0.2, -0.15) is 17.2 Å². The molecule has 6 unspecified atom stereocenters. The first-order chi connectivity index (χ1) is 45.9. The molecule has 0 radical (unpaired) electrons. The number of nitrogens with two attached hydrogens (primary N) is 2. The molecule has 0 bridgehead atoms. The SMILES string of the molecule is C[C@H](Nc1ncnc2c1ncn2[C@H]1CC(O)[C@@H](COP(=O)(O)OP(=O)(O)OP(=O)(O)O)O1)c1ccc(C#CCCC(=O)CCCCCN)cc1[N+](=O)[O-].C[C@H](Nc1ncnc2c1ncn2[C@H]1CC(O)[C@@H](COP(=O)(O)OP(=O)(O)OP(=O)(O)O)O1)c1ccc(C#CCN)cc1[N+](=O)[O-]. The number of phosphoric ester groups is 2. The average Bonchev–Trinajstić information content (AvgIpc) is 1.61. The molecule has 2 aliphatic heterocycles. The van der Waals surface area contributed by atoms with Crippen LogP contribution in [0.3, 0.4) is 0 Å². The zero-order valence-electron chi connectivity index (χ0n) is 50.9. The van der Waals surface area contributed by atoms with Crippen molar-refractivity contribution in [2.45, 2.75) is 114 Å². The van der Waals surface area contributed by atoms with Crippen LogP contribution in [0.4, 0.5) is 23.0 Å². The zero-order chi connectivity index (χ0) is 72.1. The Morgan fingerprint density at radius 2 is 1.05 bits per heavy atom. The van der Waals surface area contributed by atoms with Gasteiger partial charge in [-0.15, -0.1) is 0 Å². The highest BCUT2D eigenvalue weighted by Crippen LogP contribution is 2.67. The number of rotatable bonds is 31. The van der Waals surface area contributed by atoms with Crippen molar-refractivity contribution in [3.05, 3.63) is 104 Å². The number of fused-ring (bicyclic) bond motifs is 2. The summed E-state index contributed by atoms with van der Waals surface area (Å²) in [5.74, 6) is 11.7. The van der Waals surface area contributed by atoms with Crippen LogP contribution in [0.2, 0.25) is 0 Å². The van der Waals surface area contributed by atoms with Crippen LogP contribution >= 0.6 is 46.9 Å². The number of phosphoric acid groups is 6. The molecule has 6 aromatic rings. The fourth-order valence-electron chi connectivity index (χ4n) is 9.50. The summed E-state index contributed by atoms with van der Waals surface area (Å²) in [5, 5.41) is 50.9. The van der Waals surface area contributed by atoms with E-state index in [0.29, 0.717) is 48.1 Å². The average molecular weight is 1500 g/mol. The number of aromatic nitrogens is 8. The van der Waals surface area contributed by atoms with Gasteiger partial charge in [0, 0.05) is 55.4 Å². The van der Waals surface area contributed by atoms with Crippen LogP contribution in [0, 0.1) is 43.9 Å². The van der Waals surface area contributed by atoms with E-state index in [1.165, 1.54) is 46.6 Å². The van der Waals surface area contributed by atoms with Crippen molar-refractivity contribution in [3.8, 4) is 23.7 Å². The largest absolute Gasteiger partial charge is 0.490 e. The molecular weight excluding hydrogens is 1430 g/mol. The van der Waals surface area contributed by atoms with Crippen molar-refractivity contribution in [3.63, 3.8) is 0 Å². The molecule has 2 aromatic carbocycles. The van der Waals surface area contributed by atoms with Crippen molar-refractivity contribution in [1.29, 1.82) is 0 Å². The van der Waals surface area contributed by atoms with Gasteiger partial charge in [-0.05, 0) is 57.5 Å². The second-order valence-electron chi connectivity index (χ2n) is 21.0. The number of hydrogen-bond donors (Lipinski definition) is 14. The topological polar surface area (TPSA) is 645 Å². The molecule has 8 rings (SSSR count). The third-order valence-corrected chi connectivity index (χ3v) is 21.3. The molecule has 0 spiro atoms. The van der Waals surface area contributed by atoms with E-state index in [9.17, 15) is 82.2 Å². The Labute approximate surface area is 552 Å². The second-order valence-corrected chi connectivity index (χ2v) is 29.8. The Kier molecular flexibility index (Phi) is 27.0. The van der Waals surface area contributed by atoms with Crippen LogP contribution in [0.1, 0.15) is 112 Å². The van der Waals surface area contributed by atoms with Gasteiger partial charge in [0.2, 0.25) is 0 Å². The number of nitrogens with zero attached hydrogens (tertiary/aromatic N) is 10. The summed E-state index contributed by atoms with van der Waals surface area (Å²) in [5.41, 5.74) is 12.9. The minimum absolute atomic E-state index is 0.0926. The number of Topliss-reactive ketones (excluding diaryl/α,β-unsaturated/α-hetero) is 1. The van der Waals surface area contributed by atoms with E-state index >= 15 is 0 Å². The van der Waals surface area contributed by atoms with Gasteiger partial charge in [-0.3, -0.25) is 43.2 Å². The summed E-state index contributed by atoms with van der Waals surface area (Å²) >= 11 is 0. The number of ether oxygens (including phenoxy) is 2. The number of ketones is 1. The highest BCUT2D eigenvalue weighted by Gasteiger charge is 2.45. The maximum absolute atomic E-state index is 12.1. The lowest BCUT2D eigenvalue weighted by Gasteiger charge is -2.19. The van der Waals surface area contributed by atoms with Crippen molar-refractivity contribution >= 4 is 98.1 Å². The van der Waals surface area contributed by atoms with Crippen LogP contribution in [0.15, 0.2) is 61.7 Å². The summed E-state index contributed by atoms with van der Waals surface area (Å²) in [6.45, 7) is 2.31. The fraction of sp³-hybridized carbons (Fsp3) is 0.449. The Bertz CT molecular complexity index is 4330. The highest BCUT2D eigenvalue weighted by atomic mass is 31.3. The molecule has 49 heteroatoms. The molecule has 2 aliphatic rings. The van der Waals surface area contributed by atoms with Gasteiger partial charge in [0.15, 0.2) is 34.0 Å². The van der Waals surface area contributed by atoms with Crippen LogP contribution in [0.25, 0.3) is 22.3 Å². The molecule has 6 heterocycles. The smallest absolute Gasteiger partial charge is 0.390 e. The predicted molar refractivity (Wildman–Crippen MR) is 334 cm³/mol. The number of carbonyl (C=O) groups is 1. The lowest BCUT2D eigenvalue weighted by atomic mass is 10.0. The van der Waals surface area contributed by atoms with Gasteiger partial charge in [0.25, 0.3) is 11.4 Å². The van der Waals surface area contributed by atoms with Gasteiger partial charge in [0.05, 0.1) is 77.7 Å². The summed E-state index contributed by atoms with van der Waals surface area (Å²) < 4.78 is 107. The van der Waals surface area contributed by atoms with Crippen LogP contribution < -0.4 is 22.1 Å². The van der Waals surface area contributed by atoms with Gasteiger partial charge in [-0.1, -0.05) is 30.1 Å². The number of nitro benzene ring substituents is 2. The first-order valence-corrected chi connectivity index (χ1v) is 37.5. The molecule has 0 amide bonds. The van der Waals surface area contributed by atoms with E-state index in [4.69, 9.17) is 40.5 Å². The van der Waals surface area contributed by atoms with E-state index in [2.05, 4.69) is 90.5 Å². The number of aliphatic hydroxyl groups excluding tert-OH is 2. The number of nitrogens with one attached hydrogen (secondary N) is 2. The maximum Gasteiger partial charge on any atom is 0.490 e. The Morgan fingerprint density at radius 3 is 1.45 bits per heavy atom. The van der Waals surface area contributed by atoms with Crippen molar-refractivity contribution < 1.29 is 127 Å². The molecule has 2 saturated heterocycles. The van der Waals surface area contributed by atoms with Gasteiger partial charge in [0.1, 0.15) is 43.1 Å². The summed E-state index contributed by atoms with van der Waals surface area (Å²) in [6, 6.07) is 7.77. The Balaban J connectivity index is 0.000000280. The number of imidazole rings is 2. The number of aliphatic hydroxyl groups is 2. The first kappa shape index (κ1) is 78.6. The van der Waals surface area contributed by atoms with E-state index in [1.807, 2.05) is 0 Å². The molecule has 0 aliphatic carbocycles. The zero-order valence-corrected chi connectivity index (χ0v) is 56.3.